The molecule has 0 saturated carbocycles. The third kappa shape index (κ3) is 5.92. The van der Waals surface area contributed by atoms with E-state index >= 15 is 0 Å². The molecule has 0 aliphatic heterocycles. The van der Waals surface area contributed by atoms with Crippen LogP contribution in [0.15, 0.2) is 0 Å². The SMILES string of the molecule is CCOC[C](C)O. The van der Waals surface area contributed by atoms with Gasteiger partial charge in [0.15, 0.2) is 0 Å². The van der Waals surface area contributed by atoms with Crippen molar-refractivity contribution in [2.75, 3.05) is 13.2 Å². The van der Waals surface area contributed by atoms with Gasteiger partial charge in [-0.25, -0.2) is 0 Å². The van der Waals surface area contributed by atoms with Crippen LogP contribution in [0.1, 0.15) is 13.8 Å². The van der Waals surface area contributed by atoms with Gasteiger partial charge in [-0.3, -0.25) is 0 Å². The van der Waals surface area contributed by atoms with Gasteiger partial charge < -0.3 is 9.84 Å². The minimum atomic E-state index is 0.335. The zero-order chi connectivity index (χ0) is 5.70. The minimum Gasteiger partial charge on any atom is -0.385 e. The van der Waals surface area contributed by atoms with Crippen molar-refractivity contribution in [1.82, 2.24) is 0 Å². The van der Waals surface area contributed by atoms with Gasteiger partial charge in [-0.2, -0.15) is 0 Å². The second kappa shape index (κ2) is 4.09. The molecule has 0 aromatic heterocycles. The molecule has 0 fully saturated rings. The summed E-state index contributed by atoms with van der Waals surface area (Å²) in [6.07, 6.45) is 0.335. The fraction of sp³-hybridized carbons (Fsp3) is 0.800. The highest BCUT2D eigenvalue weighted by Gasteiger charge is 1.91. The molecule has 0 bridgehead atoms. The van der Waals surface area contributed by atoms with Crippen LogP contribution in [0, 0.1) is 6.10 Å². The fourth-order valence-electron chi connectivity index (χ4n) is 0.250. The van der Waals surface area contributed by atoms with Crippen LogP contribution in [0.2, 0.25) is 0 Å². The van der Waals surface area contributed by atoms with E-state index in [1.807, 2.05) is 6.92 Å². The maximum absolute atomic E-state index is 8.48. The van der Waals surface area contributed by atoms with Crippen LogP contribution in [0.3, 0.4) is 0 Å². The van der Waals surface area contributed by atoms with E-state index in [0.29, 0.717) is 19.3 Å². The molecular weight excluding hydrogens is 92.1 g/mol. The monoisotopic (exact) mass is 103 g/mol. The van der Waals surface area contributed by atoms with E-state index in [2.05, 4.69) is 0 Å². The van der Waals surface area contributed by atoms with E-state index in [9.17, 15) is 0 Å². The van der Waals surface area contributed by atoms with Crippen LogP contribution in [0.25, 0.3) is 0 Å². The third-order valence-electron chi connectivity index (χ3n) is 0.515. The first-order chi connectivity index (χ1) is 3.27. The van der Waals surface area contributed by atoms with E-state index < -0.39 is 0 Å². The lowest BCUT2D eigenvalue weighted by molar-refractivity contribution is 0.108. The van der Waals surface area contributed by atoms with Crippen molar-refractivity contribution in [2.45, 2.75) is 13.8 Å². The van der Waals surface area contributed by atoms with Gasteiger partial charge in [0, 0.05) is 6.61 Å². The Labute approximate surface area is 44.1 Å². The lowest BCUT2D eigenvalue weighted by Gasteiger charge is -1.99. The number of hydrogen-bond acceptors (Lipinski definition) is 2. The van der Waals surface area contributed by atoms with Gasteiger partial charge in [0.05, 0.1) is 6.61 Å². The van der Waals surface area contributed by atoms with Gasteiger partial charge in [0.1, 0.15) is 6.10 Å². The Morgan fingerprint density at radius 3 is 2.43 bits per heavy atom. The highest BCUT2D eigenvalue weighted by atomic mass is 16.5. The molecule has 2 nitrogen and oxygen atoms in total. The number of hydrogen-bond donors (Lipinski definition) is 1. The van der Waals surface area contributed by atoms with Gasteiger partial charge in [0.25, 0.3) is 0 Å². The lowest BCUT2D eigenvalue weighted by Crippen LogP contribution is -2.00. The summed E-state index contributed by atoms with van der Waals surface area (Å²) in [4.78, 5) is 0. The topological polar surface area (TPSA) is 29.5 Å². The standard InChI is InChI=1S/C5H11O2/c1-3-7-4-5(2)6/h6H,3-4H2,1-2H3. The van der Waals surface area contributed by atoms with Crippen LogP contribution in [0.4, 0.5) is 0 Å². The normalized spacial score (nSPS) is 10.3. The van der Waals surface area contributed by atoms with E-state index in [1.165, 1.54) is 0 Å². The molecule has 7 heavy (non-hydrogen) atoms. The molecule has 0 spiro atoms. The van der Waals surface area contributed by atoms with Gasteiger partial charge in [0.2, 0.25) is 0 Å². The Hall–Kier alpha value is -0.0800. The number of aliphatic hydroxyl groups excluding tert-OH is 1. The molecule has 0 amide bonds. The van der Waals surface area contributed by atoms with E-state index in [4.69, 9.17) is 9.84 Å². The smallest absolute Gasteiger partial charge is 0.116 e. The summed E-state index contributed by atoms with van der Waals surface area (Å²) >= 11 is 0. The van der Waals surface area contributed by atoms with Crippen LogP contribution in [-0.2, 0) is 4.74 Å². The average molecular weight is 103 g/mol. The lowest BCUT2D eigenvalue weighted by atomic mass is 10.4. The maximum atomic E-state index is 8.48. The first kappa shape index (κ1) is 6.92. The molecule has 1 radical (unpaired) electrons. The Morgan fingerprint density at radius 2 is 2.29 bits per heavy atom. The zero-order valence-electron chi connectivity index (χ0n) is 4.77. The summed E-state index contributed by atoms with van der Waals surface area (Å²) in [5, 5.41) is 8.48. The van der Waals surface area contributed by atoms with Crippen molar-refractivity contribution in [3.05, 3.63) is 6.10 Å². The van der Waals surface area contributed by atoms with Crippen molar-refractivity contribution in [2.24, 2.45) is 0 Å². The zero-order valence-corrected chi connectivity index (χ0v) is 4.77. The summed E-state index contributed by atoms with van der Waals surface area (Å²) in [6, 6.07) is 0. The molecule has 0 unspecified atom stereocenters. The van der Waals surface area contributed by atoms with Crippen molar-refractivity contribution in [3.8, 4) is 0 Å². The van der Waals surface area contributed by atoms with E-state index in [0.717, 1.165) is 0 Å². The largest absolute Gasteiger partial charge is 0.385 e. The van der Waals surface area contributed by atoms with Gasteiger partial charge in [-0.15, -0.1) is 0 Å². The first-order valence-corrected chi connectivity index (χ1v) is 2.36. The summed E-state index contributed by atoms with van der Waals surface area (Å²) in [6.45, 7) is 4.55. The molecule has 0 heterocycles. The molecule has 0 rings (SSSR count). The molecule has 43 valence electrons. The van der Waals surface area contributed by atoms with Crippen LogP contribution >= 0.6 is 0 Å². The molecule has 0 saturated heterocycles. The highest BCUT2D eigenvalue weighted by molar-refractivity contribution is 4.63. The Morgan fingerprint density at radius 1 is 1.71 bits per heavy atom. The summed E-state index contributed by atoms with van der Waals surface area (Å²) in [5.74, 6) is 0. The minimum absolute atomic E-state index is 0.335. The molecule has 1 N–H and O–H groups in total. The third-order valence-corrected chi connectivity index (χ3v) is 0.515. The van der Waals surface area contributed by atoms with E-state index in [1.54, 1.807) is 6.92 Å². The van der Waals surface area contributed by atoms with E-state index in [-0.39, 0.29) is 0 Å². The molecular formula is C5H11O2. The maximum Gasteiger partial charge on any atom is 0.116 e. The fourth-order valence-corrected chi connectivity index (χ4v) is 0.250. The summed E-state index contributed by atoms with van der Waals surface area (Å²) in [7, 11) is 0. The predicted octanol–water partition coefficient (Wildman–Crippen LogP) is 0.947. The molecule has 0 aliphatic rings. The second-order valence-electron chi connectivity index (χ2n) is 1.37. The Balaban J connectivity index is 2.68. The Bertz CT molecular complexity index is 35.1. The first-order valence-electron chi connectivity index (χ1n) is 2.36. The van der Waals surface area contributed by atoms with Crippen molar-refractivity contribution >= 4 is 0 Å². The molecule has 0 atom stereocenters. The van der Waals surface area contributed by atoms with Crippen molar-refractivity contribution in [1.29, 1.82) is 0 Å². The predicted molar refractivity (Wildman–Crippen MR) is 27.3 cm³/mol. The van der Waals surface area contributed by atoms with Gasteiger partial charge in [-0.1, -0.05) is 0 Å². The van der Waals surface area contributed by atoms with Crippen LogP contribution in [-0.4, -0.2) is 18.3 Å². The molecule has 0 aromatic carbocycles. The molecule has 2 heteroatoms. The average Bonchev–Trinajstić information content (AvgIpc) is 1.61. The van der Waals surface area contributed by atoms with Gasteiger partial charge in [-0.05, 0) is 13.8 Å². The highest BCUT2D eigenvalue weighted by Crippen LogP contribution is 1.88. The molecule has 0 aromatic rings. The summed E-state index contributed by atoms with van der Waals surface area (Å²) < 4.78 is 4.81. The van der Waals surface area contributed by atoms with Crippen molar-refractivity contribution in [3.63, 3.8) is 0 Å². The van der Waals surface area contributed by atoms with Crippen LogP contribution in [0.5, 0.6) is 0 Å². The number of aliphatic hydroxyl groups is 1. The second-order valence-corrected chi connectivity index (χ2v) is 1.37. The number of ether oxygens (including phenoxy) is 1. The van der Waals surface area contributed by atoms with Crippen LogP contribution < -0.4 is 0 Å². The van der Waals surface area contributed by atoms with Crippen molar-refractivity contribution < 1.29 is 9.84 Å². The number of rotatable bonds is 3. The summed E-state index contributed by atoms with van der Waals surface area (Å²) in [5.41, 5.74) is 0. The Kier molecular flexibility index (Phi) is 4.04. The van der Waals surface area contributed by atoms with Gasteiger partial charge >= 0.3 is 0 Å². The molecule has 0 aliphatic carbocycles. The quantitative estimate of drug-likeness (QED) is 0.576.